The van der Waals surface area contributed by atoms with Gasteiger partial charge < -0.3 is 14.2 Å². The molecule has 1 aliphatic heterocycles. The molecule has 1 saturated heterocycles. The molecule has 0 aromatic carbocycles. The number of aromatic nitrogens is 1. The lowest BCUT2D eigenvalue weighted by atomic mass is 10.1. The molecular formula is C29H48N2O5. The maximum atomic E-state index is 12.4. The minimum absolute atomic E-state index is 0.0934. The number of carbonyl (C=O) groups is 2. The smallest absolute Gasteiger partial charge is 0.416 e. The van der Waals surface area contributed by atoms with Gasteiger partial charge in [0.25, 0.3) is 0 Å². The fourth-order valence-corrected chi connectivity index (χ4v) is 4.51. The molecule has 7 nitrogen and oxygen atoms in total. The van der Waals surface area contributed by atoms with Crippen molar-refractivity contribution in [3.63, 3.8) is 0 Å². The first kappa shape index (κ1) is 30.2. The second-order valence-electron chi connectivity index (χ2n) is 10.0. The quantitative estimate of drug-likeness (QED) is 0.195. The third-order valence-electron chi connectivity index (χ3n) is 6.70. The van der Waals surface area contributed by atoms with Gasteiger partial charge >= 0.3 is 6.09 Å². The number of hydrogen-bond donors (Lipinski definition) is 0. The summed E-state index contributed by atoms with van der Waals surface area (Å²) in [5.41, 5.74) is 0.632. The first-order valence-corrected chi connectivity index (χ1v) is 14.1. The third-order valence-corrected chi connectivity index (χ3v) is 6.70. The lowest BCUT2D eigenvalue weighted by molar-refractivity contribution is -0.128. The second kappa shape index (κ2) is 19.2. The van der Waals surface area contributed by atoms with Gasteiger partial charge in [-0.15, -0.1) is 0 Å². The van der Waals surface area contributed by atoms with E-state index in [1.807, 2.05) is 6.07 Å². The van der Waals surface area contributed by atoms with Crippen molar-refractivity contribution in [3.8, 4) is 0 Å². The van der Waals surface area contributed by atoms with Gasteiger partial charge in [0.05, 0.1) is 31.6 Å². The zero-order chi connectivity index (χ0) is 25.8. The molecule has 2 heterocycles. The molecule has 1 fully saturated rings. The molecular weight excluding hydrogens is 456 g/mol. The van der Waals surface area contributed by atoms with E-state index in [4.69, 9.17) is 14.2 Å². The molecule has 1 aromatic heterocycles. The highest BCUT2D eigenvalue weighted by Gasteiger charge is 2.28. The molecule has 0 N–H and O–H groups in total. The maximum absolute atomic E-state index is 12.4. The average molecular weight is 505 g/mol. The Morgan fingerprint density at radius 2 is 1.64 bits per heavy atom. The van der Waals surface area contributed by atoms with Crippen LogP contribution in [0.2, 0.25) is 0 Å². The molecule has 36 heavy (non-hydrogen) atoms. The number of ether oxygens (including phenoxy) is 3. The van der Waals surface area contributed by atoms with Crippen LogP contribution < -0.4 is 0 Å². The molecule has 7 heteroatoms. The van der Waals surface area contributed by atoms with Crippen molar-refractivity contribution in [1.82, 2.24) is 9.88 Å². The number of nitrogens with zero attached hydrogens (tertiary/aromatic N) is 2. The van der Waals surface area contributed by atoms with Gasteiger partial charge in [-0.3, -0.25) is 9.78 Å². The highest BCUT2D eigenvalue weighted by molar-refractivity contribution is 5.90. The van der Waals surface area contributed by atoms with Crippen molar-refractivity contribution >= 4 is 12.0 Å². The Labute approximate surface area is 218 Å². The van der Waals surface area contributed by atoms with Gasteiger partial charge in [-0.1, -0.05) is 83.6 Å². The van der Waals surface area contributed by atoms with Crippen molar-refractivity contribution in [2.75, 3.05) is 26.4 Å². The Hall–Kier alpha value is -1.99. The fourth-order valence-electron chi connectivity index (χ4n) is 4.51. The van der Waals surface area contributed by atoms with Gasteiger partial charge in [-0.2, -0.15) is 0 Å². The molecule has 0 aliphatic carbocycles. The van der Waals surface area contributed by atoms with Gasteiger partial charge in [-0.05, 0) is 25.0 Å². The lowest BCUT2D eigenvalue weighted by Gasteiger charge is -2.19. The van der Waals surface area contributed by atoms with E-state index in [9.17, 15) is 9.59 Å². The summed E-state index contributed by atoms with van der Waals surface area (Å²) < 4.78 is 17.0. The molecule has 0 saturated carbocycles. The van der Waals surface area contributed by atoms with E-state index in [-0.39, 0.29) is 25.2 Å². The minimum atomic E-state index is -0.663. The zero-order valence-corrected chi connectivity index (χ0v) is 22.6. The summed E-state index contributed by atoms with van der Waals surface area (Å²) in [5.74, 6) is -0.0504. The highest BCUT2D eigenvalue weighted by atomic mass is 16.6. The van der Waals surface area contributed by atoms with Crippen LogP contribution in [0.5, 0.6) is 0 Å². The van der Waals surface area contributed by atoms with Crippen LogP contribution in [0.15, 0.2) is 24.4 Å². The lowest BCUT2D eigenvalue weighted by Crippen LogP contribution is -2.36. The summed E-state index contributed by atoms with van der Waals surface area (Å²) in [6.45, 7) is 5.95. The van der Waals surface area contributed by atoms with Gasteiger partial charge in [0.2, 0.25) is 5.91 Å². The van der Waals surface area contributed by atoms with Crippen molar-refractivity contribution in [3.05, 3.63) is 30.1 Å². The number of amides is 2. The van der Waals surface area contributed by atoms with E-state index in [0.29, 0.717) is 24.8 Å². The first-order valence-electron chi connectivity index (χ1n) is 14.1. The normalized spacial score (nSPS) is 17.3. The largest absolute Gasteiger partial charge is 0.446 e. The maximum Gasteiger partial charge on any atom is 0.416 e. The molecule has 2 rings (SSSR count). The van der Waals surface area contributed by atoms with Crippen molar-refractivity contribution in [1.29, 1.82) is 0 Å². The number of hydrogen-bond acceptors (Lipinski definition) is 6. The van der Waals surface area contributed by atoms with E-state index in [2.05, 4.69) is 11.9 Å². The van der Waals surface area contributed by atoms with E-state index < -0.39 is 6.09 Å². The molecule has 0 bridgehead atoms. The highest BCUT2D eigenvalue weighted by Crippen LogP contribution is 2.21. The predicted molar refractivity (Wildman–Crippen MR) is 142 cm³/mol. The summed E-state index contributed by atoms with van der Waals surface area (Å²) in [6, 6.07) is 5.37. The Bertz CT molecular complexity index is 715. The van der Waals surface area contributed by atoms with Gasteiger partial charge in [0.1, 0.15) is 6.61 Å². The average Bonchev–Trinajstić information content (AvgIpc) is 3.34. The van der Waals surface area contributed by atoms with Crippen LogP contribution in [0.4, 0.5) is 4.79 Å². The third kappa shape index (κ3) is 13.4. The molecule has 1 aromatic rings. The second-order valence-corrected chi connectivity index (χ2v) is 10.0. The van der Waals surface area contributed by atoms with Crippen molar-refractivity contribution < 1.29 is 23.8 Å². The number of carbonyl (C=O) groups excluding carboxylic acids is 2. The van der Waals surface area contributed by atoms with E-state index in [1.54, 1.807) is 18.3 Å². The number of imide groups is 1. The number of unbranched alkanes of at least 4 members (excludes halogenated alkanes) is 11. The molecule has 0 unspecified atom stereocenters. The minimum Gasteiger partial charge on any atom is -0.446 e. The van der Waals surface area contributed by atoms with Crippen LogP contribution in [-0.2, 0) is 25.5 Å². The van der Waals surface area contributed by atoms with E-state index in [1.165, 1.54) is 77.6 Å². The van der Waals surface area contributed by atoms with Crippen LogP contribution in [0.25, 0.3) is 0 Å². The van der Waals surface area contributed by atoms with Crippen molar-refractivity contribution in [2.24, 2.45) is 5.92 Å². The molecule has 0 radical (unpaired) electrons. The summed E-state index contributed by atoms with van der Waals surface area (Å²) in [7, 11) is 0. The van der Waals surface area contributed by atoms with Crippen LogP contribution in [0, 0.1) is 5.92 Å². The van der Waals surface area contributed by atoms with Crippen LogP contribution >= 0.6 is 0 Å². The SMILES string of the molecule is CCCCCCCCCCCCCCOC[C@H]1CO[C@H](COC(=O)N(Cc2ccccn2)C(C)=O)C1. The Morgan fingerprint density at radius 3 is 2.25 bits per heavy atom. The van der Waals surface area contributed by atoms with E-state index in [0.717, 1.165) is 24.3 Å². The molecule has 2 atom stereocenters. The molecule has 0 spiro atoms. The summed E-state index contributed by atoms with van der Waals surface area (Å²) >= 11 is 0. The topological polar surface area (TPSA) is 78.0 Å². The van der Waals surface area contributed by atoms with Gasteiger partial charge in [0.15, 0.2) is 0 Å². The monoisotopic (exact) mass is 504 g/mol. The van der Waals surface area contributed by atoms with E-state index >= 15 is 0 Å². The summed E-state index contributed by atoms with van der Waals surface area (Å²) in [6.07, 6.45) is 17.7. The Balaban J connectivity index is 1.45. The van der Waals surface area contributed by atoms with Gasteiger partial charge in [0, 0.05) is 25.6 Å². The standard InChI is InChI=1S/C29H48N2O5/c1-3-4-5-6-7-8-9-10-11-12-13-16-19-34-22-26-20-28(35-23-26)24-36-29(33)31(25(2)32)21-27-17-14-15-18-30-27/h14-15,17-18,26,28H,3-13,16,19-24H2,1-2H3/t26-,28-/m0/s1. The van der Waals surface area contributed by atoms with Crippen LogP contribution in [0.1, 0.15) is 103 Å². The molecule has 2 amide bonds. The van der Waals surface area contributed by atoms with Crippen LogP contribution in [-0.4, -0.2) is 54.4 Å². The Kier molecular flexibility index (Phi) is 16.1. The summed E-state index contributed by atoms with van der Waals surface area (Å²) in [4.78, 5) is 29.6. The summed E-state index contributed by atoms with van der Waals surface area (Å²) in [5, 5.41) is 0. The van der Waals surface area contributed by atoms with Crippen LogP contribution in [0.3, 0.4) is 0 Å². The number of pyridine rings is 1. The van der Waals surface area contributed by atoms with Crippen molar-refractivity contribution in [2.45, 2.75) is 110 Å². The Morgan fingerprint density at radius 1 is 0.972 bits per heavy atom. The predicted octanol–water partition coefficient (Wildman–Crippen LogP) is 6.69. The first-order chi connectivity index (χ1) is 17.6. The fraction of sp³-hybridized carbons (Fsp3) is 0.759. The molecule has 204 valence electrons. The zero-order valence-electron chi connectivity index (χ0n) is 22.6. The molecule has 1 aliphatic rings. The van der Waals surface area contributed by atoms with Gasteiger partial charge in [-0.25, -0.2) is 9.69 Å². The number of rotatable bonds is 19.